The zero-order valence-corrected chi connectivity index (χ0v) is 15.5. The monoisotopic (exact) mass is 352 g/mol. The molecule has 1 atom stereocenters. The van der Waals surface area contributed by atoms with E-state index in [0.717, 1.165) is 37.0 Å². The van der Waals surface area contributed by atoms with Gasteiger partial charge >= 0.3 is 5.97 Å². The molecule has 1 aromatic heterocycles. The van der Waals surface area contributed by atoms with Gasteiger partial charge in [-0.15, -0.1) is 0 Å². The van der Waals surface area contributed by atoms with Crippen LogP contribution in [-0.2, 0) is 9.53 Å². The molecule has 0 saturated carbocycles. The third-order valence-corrected chi connectivity index (χ3v) is 3.63. The molecule has 0 spiro atoms. The van der Waals surface area contributed by atoms with Crippen LogP contribution >= 0.6 is 0 Å². The predicted octanol–water partition coefficient (Wildman–Crippen LogP) is 4.02. The molecular formula is C21H24N2O3. The minimum atomic E-state index is -0.392. The van der Waals surface area contributed by atoms with Gasteiger partial charge in [-0.1, -0.05) is 11.8 Å². The number of carbonyl (C=O) groups excluding carboxylic acids is 1. The molecule has 1 heterocycles. The van der Waals surface area contributed by atoms with Gasteiger partial charge in [0.1, 0.15) is 0 Å². The van der Waals surface area contributed by atoms with Gasteiger partial charge in [-0.2, -0.15) is 0 Å². The highest BCUT2D eigenvalue weighted by Gasteiger charge is 2.03. The molecule has 2 rings (SSSR count). The average molecular weight is 352 g/mol. The van der Waals surface area contributed by atoms with Crippen molar-refractivity contribution >= 4 is 5.97 Å². The minimum Gasteiger partial charge on any atom is -0.423 e. The van der Waals surface area contributed by atoms with Crippen molar-refractivity contribution in [3.8, 4) is 29.0 Å². The van der Waals surface area contributed by atoms with Crippen molar-refractivity contribution < 1.29 is 14.3 Å². The molecule has 0 aliphatic rings. The fourth-order valence-electron chi connectivity index (χ4n) is 2.40. The van der Waals surface area contributed by atoms with E-state index in [2.05, 4.69) is 28.7 Å². The summed E-state index contributed by atoms with van der Waals surface area (Å²) in [6.45, 7) is 6.21. The smallest absolute Gasteiger partial charge is 0.308 e. The van der Waals surface area contributed by atoms with Crippen molar-refractivity contribution in [3.63, 3.8) is 0 Å². The number of rotatable bonds is 7. The summed E-state index contributed by atoms with van der Waals surface area (Å²) in [7, 11) is 0. The SMILES string of the molecule is CCOC(C)CCCC#Cc1ccc(-c2ncc(OC(C)=O)cn2)cc1. The Morgan fingerprint density at radius 2 is 1.88 bits per heavy atom. The number of esters is 1. The summed E-state index contributed by atoms with van der Waals surface area (Å²) in [5, 5.41) is 0. The molecule has 5 heteroatoms. The summed E-state index contributed by atoms with van der Waals surface area (Å²) >= 11 is 0. The number of hydrogen-bond donors (Lipinski definition) is 0. The van der Waals surface area contributed by atoms with Crippen LogP contribution in [0.25, 0.3) is 11.4 Å². The van der Waals surface area contributed by atoms with E-state index in [1.54, 1.807) is 0 Å². The molecular weight excluding hydrogens is 328 g/mol. The van der Waals surface area contributed by atoms with Crippen LogP contribution in [0.5, 0.6) is 5.75 Å². The second-order valence-corrected chi connectivity index (χ2v) is 5.87. The Hall–Kier alpha value is -2.71. The maximum atomic E-state index is 10.9. The summed E-state index contributed by atoms with van der Waals surface area (Å²) in [5.74, 6) is 6.89. The number of carbonyl (C=O) groups is 1. The van der Waals surface area contributed by atoms with E-state index in [0.29, 0.717) is 17.7 Å². The highest BCUT2D eigenvalue weighted by atomic mass is 16.5. The van der Waals surface area contributed by atoms with Gasteiger partial charge in [-0.3, -0.25) is 4.79 Å². The second kappa shape index (κ2) is 10.3. The van der Waals surface area contributed by atoms with Gasteiger partial charge in [0.15, 0.2) is 11.6 Å². The molecule has 0 N–H and O–H groups in total. The van der Waals surface area contributed by atoms with Crippen LogP contribution in [0.15, 0.2) is 36.7 Å². The zero-order valence-electron chi connectivity index (χ0n) is 15.5. The molecule has 0 bridgehead atoms. The maximum Gasteiger partial charge on any atom is 0.308 e. The number of unbranched alkanes of at least 4 members (excludes halogenated alkanes) is 1. The van der Waals surface area contributed by atoms with Crippen molar-refractivity contribution in [1.82, 2.24) is 9.97 Å². The number of hydrogen-bond acceptors (Lipinski definition) is 5. The van der Waals surface area contributed by atoms with Crippen LogP contribution < -0.4 is 4.74 Å². The first-order valence-corrected chi connectivity index (χ1v) is 8.80. The standard InChI is InChI=1S/C21H24N2O3/c1-4-25-16(2)8-6-5-7-9-18-10-12-19(13-11-18)21-22-14-20(15-23-21)26-17(3)24/h10-16H,4-6,8H2,1-3H3. The summed E-state index contributed by atoms with van der Waals surface area (Å²) < 4.78 is 10.4. The fourth-order valence-corrected chi connectivity index (χ4v) is 2.40. The lowest BCUT2D eigenvalue weighted by Gasteiger charge is -2.09. The highest BCUT2D eigenvalue weighted by molar-refractivity contribution is 5.69. The average Bonchev–Trinajstić information content (AvgIpc) is 2.62. The van der Waals surface area contributed by atoms with Crippen molar-refractivity contribution in [2.24, 2.45) is 0 Å². The van der Waals surface area contributed by atoms with Crippen molar-refractivity contribution in [2.75, 3.05) is 6.61 Å². The van der Waals surface area contributed by atoms with Crippen LogP contribution in [0.2, 0.25) is 0 Å². The normalized spacial score (nSPS) is 11.3. The molecule has 1 aromatic carbocycles. The number of ether oxygens (including phenoxy) is 2. The van der Waals surface area contributed by atoms with Gasteiger partial charge in [-0.05, 0) is 51.0 Å². The minimum absolute atomic E-state index is 0.299. The van der Waals surface area contributed by atoms with E-state index in [9.17, 15) is 4.79 Å². The van der Waals surface area contributed by atoms with Gasteiger partial charge in [0.25, 0.3) is 0 Å². The molecule has 0 aliphatic heterocycles. The Labute approximate surface area is 154 Å². The maximum absolute atomic E-state index is 10.9. The molecule has 2 aromatic rings. The van der Waals surface area contributed by atoms with Crippen LogP contribution in [-0.4, -0.2) is 28.6 Å². The van der Waals surface area contributed by atoms with Crippen molar-refractivity contribution in [2.45, 2.75) is 46.1 Å². The van der Waals surface area contributed by atoms with Gasteiger partial charge < -0.3 is 9.47 Å². The third-order valence-electron chi connectivity index (χ3n) is 3.63. The van der Waals surface area contributed by atoms with Crippen LogP contribution in [0.3, 0.4) is 0 Å². The summed E-state index contributed by atoms with van der Waals surface area (Å²) in [6.07, 6.45) is 6.20. The van der Waals surface area contributed by atoms with E-state index in [1.807, 2.05) is 31.2 Å². The molecule has 0 radical (unpaired) electrons. The number of aromatic nitrogens is 2. The van der Waals surface area contributed by atoms with Gasteiger partial charge in [0.2, 0.25) is 0 Å². The highest BCUT2D eigenvalue weighted by Crippen LogP contribution is 2.17. The molecule has 5 nitrogen and oxygen atoms in total. The molecule has 1 unspecified atom stereocenters. The summed E-state index contributed by atoms with van der Waals surface area (Å²) in [4.78, 5) is 19.3. The molecule has 0 saturated heterocycles. The largest absolute Gasteiger partial charge is 0.423 e. The van der Waals surface area contributed by atoms with E-state index in [1.165, 1.54) is 19.3 Å². The quantitative estimate of drug-likeness (QED) is 0.428. The van der Waals surface area contributed by atoms with Gasteiger partial charge in [-0.25, -0.2) is 9.97 Å². The first kappa shape index (κ1) is 19.6. The fraction of sp³-hybridized carbons (Fsp3) is 0.381. The Morgan fingerprint density at radius 1 is 1.19 bits per heavy atom. The van der Waals surface area contributed by atoms with E-state index < -0.39 is 5.97 Å². The van der Waals surface area contributed by atoms with Crippen LogP contribution in [0.1, 0.15) is 45.6 Å². The van der Waals surface area contributed by atoms with Crippen LogP contribution in [0.4, 0.5) is 0 Å². The summed E-state index contributed by atoms with van der Waals surface area (Å²) in [6, 6.07) is 7.77. The van der Waals surface area contributed by atoms with Crippen molar-refractivity contribution in [1.29, 1.82) is 0 Å². The lowest BCUT2D eigenvalue weighted by molar-refractivity contribution is -0.131. The molecule has 26 heavy (non-hydrogen) atoms. The van der Waals surface area contributed by atoms with E-state index >= 15 is 0 Å². The zero-order chi connectivity index (χ0) is 18.8. The Kier molecular flexibility index (Phi) is 7.78. The van der Waals surface area contributed by atoms with Gasteiger partial charge in [0.05, 0.1) is 18.5 Å². The van der Waals surface area contributed by atoms with E-state index in [4.69, 9.17) is 9.47 Å². The number of nitrogens with zero attached hydrogens (tertiary/aromatic N) is 2. The second-order valence-electron chi connectivity index (χ2n) is 5.87. The van der Waals surface area contributed by atoms with E-state index in [-0.39, 0.29) is 0 Å². The van der Waals surface area contributed by atoms with Gasteiger partial charge in [0, 0.05) is 31.1 Å². The molecule has 136 valence electrons. The topological polar surface area (TPSA) is 61.3 Å². The summed E-state index contributed by atoms with van der Waals surface area (Å²) in [5.41, 5.74) is 1.85. The lowest BCUT2D eigenvalue weighted by Crippen LogP contribution is -2.06. The Bertz CT molecular complexity index is 759. The molecule has 0 amide bonds. The Morgan fingerprint density at radius 3 is 2.50 bits per heavy atom. The Balaban J connectivity index is 1.88. The van der Waals surface area contributed by atoms with Crippen LogP contribution in [0, 0.1) is 11.8 Å². The third kappa shape index (κ3) is 6.66. The first-order valence-electron chi connectivity index (χ1n) is 8.80. The molecule has 0 fully saturated rings. The first-order chi connectivity index (χ1) is 12.6. The lowest BCUT2D eigenvalue weighted by atomic mass is 10.1. The molecule has 0 aliphatic carbocycles. The van der Waals surface area contributed by atoms with Crippen molar-refractivity contribution in [3.05, 3.63) is 42.2 Å². The number of benzene rings is 1. The predicted molar refractivity (Wildman–Crippen MR) is 101 cm³/mol.